The van der Waals surface area contributed by atoms with Crippen molar-refractivity contribution >= 4 is 28.3 Å². The Bertz CT molecular complexity index is 85.2. The molecule has 0 unspecified atom stereocenters. The van der Waals surface area contributed by atoms with Gasteiger partial charge < -0.3 is 4.57 Å². The van der Waals surface area contributed by atoms with Crippen LogP contribution in [0.15, 0.2) is 0 Å². The van der Waals surface area contributed by atoms with Crippen LogP contribution in [-0.2, 0) is 4.57 Å². The van der Waals surface area contributed by atoms with Gasteiger partial charge in [0.1, 0.15) is 0 Å². The fourth-order valence-electron chi connectivity index (χ4n) is 0.333. The quantitative estimate of drug-likeness (QED) is 0.606. The van der Waals surface area contributed by atoms with E-state index in [1.165, 1.54) is 22.8 Å². The summed E-state index contributed by atoms with van der Waals surface area (Å²) < 4.78 is 11.2. The van der Waals surface area contributed by atoms with Crippen molar-refractivity contribution in [1.82, 2.24) is 0 Å². The molecule has 0 rings (SSSR count). The zero-order valence-corrected chi connectivity index (χ0v) is 7.91. The Morgan fingerprint density at radius 2 is 1.75 bits per heavy atom. The highest BCUT2D eigenvalue weighted by Crippen LogP contribution is 2.66. The van der Waals surface area contributed by atoms with E-state index in [1.807, 2.05) is 19.4 Å². The van der Waals surface area contributed by atoms with E-state index < -0.39 is 5.55 Å². The van der Waals surface area contributed by atoms with E-state index in [2.05, 4.69) is 0 Å². The maximum Gasteiger partial charge on any atom is 0.190 e. The summed E-state index contributed by atoms with van der Waals surface area (Å²) in [5.41, 5.74) is -1.83. The van der Waals surface area contributed by atoms with Crippen molar-refractivity contribution < 1.29 is 4.57 Å². The first-order chi connectivity index (χ1) is 3.68. The summed E-state index contributed by atoms with van der Waals surface area (Å²) in [7, 11) is 0. The largest absolute Gasteiger partial charge is 0.300 e. The standard InChI is InChI=1S/C4H11OPS2/c1-4-6(5,7-2)8-3/h4H2,1-3H3. The lowest BCUT2D eigenvalue weighted by molar-refractivity contribution is 0.594. The van der Waals surface area contributed by atoms with Gasteiger partial charge in [-0.25, -0.2) is 0 Å². The molecule has 0 saturated heterocycles. The van der Waals surface area contributed by atoms with E-state index in [0.717, 1.165) is 6.16 Å². The third-order valence-corrected chi connectivity index (χ3v) is 10.4. The molecule has 0 aromatic rings. The summed E-state index contributed by atoms with van der Waals surface area (Å²) in [6.45, 7) is 1.97. The van der Waals surface area contributed by atoms with Crippen LogP contribution < -0.4 is 0 Å². The van der Waals surface area contributed by atoms with E-state index in [0.29, 0.717) is 0 Å². The molecule has 4 heteroatoms. The molecule has 0 atom stereocenters. The van der Waals surface area contributed by atoms with Crippen molar-refractivity contribution in [3.05, 3.63) is 0 Å². The fraction of sp³-hybridized carbons (Fsp3) is 1.00. The summed E-state index contributed by atoms with van der Waals surface area (Å²) >= 11 is 2.98. The second-order valence-corrected chi connectivity index (χ2v) is 10.3. The molecule has 0 bridgehead atoms. The second-order valence-electron chi connectivity index (χ2n) is 1.29. The topological polar surface area (TPSA) is 17.1 Å². The van der Waals surface area contributed by atoms with Gasteiger partial charge in [-0.2, -0.15) is 0 Å². The van der Waals surface area contributed by atoms with Crippen LogP contribution in [0.4, 0.5) is 0 Å². The van der Waals surface area contributed by atoms with Crippen LogP contribution in [-0.4, -0.2) is 18.7 Å². The van der Waals surface area contributed by atoms with Crippen LogP contribution in [0.2, 0.25) is 0 Å². The maximum absolute atomic E-state index is 11.2. The van der Waals surface area contributed by atoms with Gasteiger partial charge in [0.05, 0.1) is 0 Å². The first-order valence-corrected chi connectivity index (χ1v) is 7.94. The predicted octanol–water partition coefficient (Wildman–Crippen LogP) is 2.93. The highest BCUT2D eigenvalue weighted by atomic mass is 33.1. The molecule has 0 saturated carbocycles. The van der Waals surface area contributed by atoms with E-state index >= 15 is 0 Å². The monoisotopic (exact) mass is 170 g/mol. The van der Waals surface area contributed by atoms with E-state index in [-0.39, 0.29) is 0 Å². The van der Waals surface area contributed by atoms with Crippen molar-refractivity contribution in [2.45, 2.75) is 6.92 Å². The minimum Gasteiger partial charge on any atom is -0.300 e. The second kappa shape index (κ2) is 3.86. The molecule has 0 spiro atoms. The molecule has 0 amide bonds. The Morgan fingerprint density at radius 3 is 1.75 bits per heavy atom. The van der Waals surface area contributed by atoms with Crippen LogP contribution in [0.1, 0.15) is 6.92 Å². The van der Waals surface area contributed by atoms with Crippen molar-refractivity contribution in [2.24, 2.45) is 0 Å². The smallest absolute Gasteiger partial charge is 0.190 e. The Balaban J connectivity index is 3.79. The zero-order chi connectivity index (χ0) is 6.62. The molecule has 1 nitrogen and oxygen atoms in total. The average Bonchev–Trinajstić information content (AvgIpc) is 1.87. The molecule has 50 valence electrons. The molecule has 0 aromatic carbocycles. The van der Waals surface area contributed by atoms with Gasteiger partial charge in [0, 0.05) is 6.16 Å². The van der Waals surface area contributed by atoms with Crippen molar-refractivity contribution in [1.29, 1.82) is 0 Å². The van der Waals surface area contributed by atoms with E-state index in [9.17, 15) is 4.57 Å². The van der Waals surface area contributed by atoms with Crippen LogP contribution in [0.3, 0.4) is 0 Å². The molecule has 0 N–H and O–H groups in total. The molecular weight excluding hydrogens is 159 g/mol. The third-order valence-electron chi connectivity index (χ3n) is 0.944. The first kappa shape index (κ1) is 8.93. The van der Waals surface area contributed by atoms with Gasteiger partial charge in [0.2, 0.25) is 0 Å². The van der Waals surface area contributed by atoms with Crippen molar-refractivity contribution in [3.63, 3.8) is 0 Å². The highest BCUT2D eigenvalue weighted by molar-refractivity contribution is 8.90. The van der Waals surface area contributed by atoms with Gasteiger partial charge in [-0.3, -0.25) is 0 Å². The van der Waals surface area contributed by atoms with Gasteiger partial charge in [-0.1, -0.05) is 29.7 Å². The van der Waals surface area contributed by atoms with Crippen LogP contribution in [0.5, 0.6) is 0 Å². The fourth-order valence-corrected chi connectivity index (χ4v) is 4.34. The first-order valence-electron chi connectivity index (χ1n) is 2.39. The van der Waals surface area contributed by atoms with Gasteiger partial charge in [-0.05, 0) is 12.5 Å². The van der Waals surface area contributed by atoms with E-state index in [4.69, 9.17) is 0 Å². The molecule has 8 heavy (non-hydrogen) atoms. The molecule has 0 radical (unpaired) electrons. The summed E-state index contributed by atoms with van der Waals surface area (Å²) in [5, 5.41) is 0. The minimum absolute atomic E-state index is 0.801. The molecular formula is C4H11OPS2. The lowest BCUT2D eigenvalue weighted by Gasteiger charge is -2.07. The molecule has 0 fully saturated rings. The zero-order valence-electron chi connectivity index (χ0n) is 5.38. The predicted molar refractivity (Wildman–Crippen MR) is 45.2 cm³/mol. The lowest BCUT2D eigenvalue weighted by Crippen LogP contribution is -1.70. The SMILES string of the molecule is CCP(=O)(SC)SC. The van der Waals surface area contributed by atoms with E-state index in [1.54, 1.807) is 0 Å². The Hall–Kier alpha value is 0.930. The molecule has 0 aliphatic carbocycles. The highest BCUT2D eigenvalue weighted by Gasteiger charge is 2.14. The van der Waals surface area contributed by atoms with Gasteiger partial charge in [0.25, 0.3) is 0 Å². The Labute approximate surface area is 58.9 Å². The summed E-state index contributed by atoms with van der Waals surface area (Å²) in [4.78, 5) is 0. The summed E-state index contributed by atoms with van der Waals surface area (Å²) in [6.07, 6.45) is 4.61. The van der Waals surface area contributed by atoms with Gasteiger partial charge >= 0.3 is 0 Å². The average molecular weight is 170 g/mol. The third kappa shape index (κ3) is 2.47. The summed E-state index contributed by atoms with van der Waals surface area (Å²) in [5.74, 6) is 0. The molecule has 0 aromatic heterocycles. The molecule has 0 aliphatic heterocycles. The molecule has 0 heterocycles. The Morgan fingerprint density at radius 1 is 1.38 bits per heavy atom. The van der Waals surface area contributed by atoms with Crippen LogP contribution in [0.25, 0.3) is 0 Å². The Kier molecular flexibility index (Phi) is 4.31. The number of rotatable bonds is 3. The van der Waals surface area contributed by atoms with Gasteiger partial charge in [0.15, 0.2) is 5.55 Å². The van der Waals surface area contributed by atoms with Gasteiger partial charge in [-0.15, -0.1) is 0 Å². The maximum atomic E-state index is 11.2. The van der Waals surface area contributed by atoms with Crippen molar-refractivity contribution in [3.8, 4) is 0 Å². The van der Waals surface area contributed by atoms with Crippen molar-refractivity contribution in [2.75, 3.05) is 18.7 Å². The molecule has 0 aliphatic rings. The lowest BCUT2D eigenvalue weighted by atomic mass is 11.0. The normalized spacial score (nSPS) is 11.9. The number of hydrogen-bond donors (Lipinski definition) is 0. The number of hydrogen-bond acceptors (Lipinski definition) is 3. The van der Waals surface area contributed by atoms with Crippen LogP contribution >= 0.6 is 28.3 Å². The summed E-state index contributed by atoms with van der Waals surface area (Å²) in [6, 6.07) is 0. The minimum atomic E-state index is -1.83. The van der Waals surface area contributed by atoms with Crippen LogP contribution in [0, 0.1) is 0 Å².